The average Bonchev–Trinajstić information content (AvgIpc) is 2.85. The molecule has 1 aliphatic rings. The van der Waals surface area contributed by atoms with Crippen LogP contribution in [0.15, 0.2) is 24.3 Å². The van der Waals surface area contributed by atoms with Crippen molar-refractivity contribution >= 4 is 23.5 Å². The topological polar surface area (TPSA) is 66.9 Å². The van der Waals surface area contributed by atoms with Crippen LogP contribution in [0.5, 0.6) is 0 Å². The molecule has 6 nitrogen and oxygen atoms in total. The number of carbonyl (C=O) groups excluding carboxylic acids is 3. The van der Waals surface area contributed by atoms with Crippen molar-refractivity contribution in [1.29, 1.82) is 0 Å². The molecule has 1 fully saturated rings. The Bertz CT molecular complexity index is 608. The van der Waals surface area contributed by atoms with Gasteiger partial charge in [0.05, 0.1) is 31.2 Å². The number of likely N-dealkylation sites (N-methyl/N-ethyl adjacent to an activating group) is 1. The van der Waals surface area contributed by atoms with E-state index in [9.17, 15) is 14.4 Å². The van der Waals surface area contributed by atoms with E-state index in [1.54, 1.807) is 31.2 Å². The Kier molecular flexibility index (Phi) is 6.09. The highest BCUT2D eigenvalue weighted by molar-refractivity contribution is 6.22. The van der Waals surface area contributed by atoms with E-state index in [2.05, 4.69) is 0 Å². The van der Waals surface area contributed by atoms with Gasteiger partial charge in [0.2, 0.25) is 5.91 Å². The van der Waals surface area contributed by atoms with Gasteiger partial charge in [-0.15, -0.1) is 0 Å². The van der Waals surface area contributed by atoms with Crippen molar-refractivity contribution in [2.45, 2.75) is 39.7 Å². The van der Waals surface area contributed by atoms with Crippen LogP contribution in [0.1, 0.15) is 32.8 Å². The molecule has 0 bridgehead atoms. The first kappa shape index (κ1) is 18.1. The van der Waals surface area contributed by atoms with Crippen LogP contribution in [-0.4, -0.2) is 48.4 Å². The molecule has 0 unspecified atom stereocenters. The maximum Gasteiger partial charge on any atom is 0.310 e. The number of ether oxygens (including phenoxy) is 1. The van der Waals surface area contributed by atoms with Gasteiger partial charge in [-0.3, -0.25) is 19.3 Å². The SMILES string of the molecule is CCOC(=O)Cc1ccc(N2C(=O)C[C@@H](N(CC)CC)C2=O)cc1. The van der Waals surface area contributed by atoms with E-state index in [1.807, 2.05) is 18.7 Å². The predicted octanol–water partition coefficient (Wildman–Crippen LogP) is 1.77. The monoisotopic (exact) mass is 332 g/mol. The summed E-state index contributed by atoms with van der Waals surface area (Å²) in [7, 11) is 0. The second-order valence-electron chi connectivity index (χ2n) is 5.66. The fourth-order valence-corrected chi connectivity index (χ4v) is 2.98. The minimum atomic E-state index is -0.383. The number of benzene rings is 1. The molecular weight excluding hydrogens is 308 g/mol. The van der Waals surface area contributed by atoms with E-state index >= 15 is 0 Å². The fourth-order valence-electron chi connectivity index (χ4n) is 2.98. The molecule has 0 aromatic heterocycles. The van der Waals surface area contributed by atoms with Crippen LogP contribution >= 0.6 is 0 Å². The van der Waals surface area contributed by atoms with Gasteiger partial charge in [-0.05, 0) is 37.7 Å². The molecule has 130 valence electrons. The Morgan fingerprint density at radius 1 is 1.17 bits per heavy atom. The van der Waals surface area contributed by atoms with E-state index in [0.29, 0.717) is 12.3 Å². The molecule has 24 heavy (non-hydrogen) atoms. The molecule has 2 rings (SSSR count). The first-order valence-corrected chi connectivity index (χ1v) is 8.37. The van der Waals surface area contributed by atoms with Crippen molar-refractivity contribution in [2.24, 2.45) is 0 Å². The van der Waals surface area contributed by atoms with E-state index in [0.717, 1.165) is 18.7 Å². The zero-order valence-electron chi connectivity index (χ0n) is 14.4. The summed E-state index contributed by atoms with van der Waals surface area (Å²) in [6.07, 6.45) is 0.392. The molecule has 0 spiro atoms. The van der Waals surface area contributed by atoms with Crippen LogP contribution in [0.3, 0.4) is 0 Å². The first-order valence-electron chi connectivity index (χ1n) is 8.37. The van der Waals surface area contributed by atoms with Crippen molar-refractivity contribution in [3.8, 4) is 0 Å². The van der Waals surface area contributed by atoms with E-state index in [4.69, 9.17) is 4.74 Å². The van der Waals surface area contributed by atoms with Gasteiger partial charge in [0.25, 0.3) is 5.91 Å². The normalized spacial score (nSPS) is 17.7. The van der Waals surface area contributed by atoms with Gasteiger partial charge >= 0.3 is 5.97 Å². The van der Waals surface area contributed by atoms with Crippen molar-refractivity contribution in [2.75, 3.05) is 24.6 Å². The van der Waals surface area contributed by atoms with Gasteiger partial charge in [0.1, 0.15) is 0 Å². The molecule has 2 amide bonds. The number of imide groups is 1. The predicted molar refractivity (Wildman–Crippen MR) is 90.6 cm³/mol. The third-order valence-electron chi connectivity index (χ3n) is 4.22. The lowest BCUT2D eigenvalue weighted by Gasteiger charge is -2.24. The summed E-state index contributed by atoms with van der Waals surface area (Å²) in [5.74, 6) is -0.656. The van der Waals surface area contributed by atoms with Crippen molar-refractivity contribution in [3.05, 3.63) is 29.8 Å². The van der Waals surface area contributed by atoms with Crippen LogP contribution in [0.25, 0.3) is 0 Å². The quantitative estimate of drug-likeness (QED) is 0.562. The maximum absolute atomic E-state index is 12.6. The Labute approximate surface area is 142 Å². The zero-order valence-corrected chi connectivity index (χ0v) is 14.4. The van der Waals surface area contributed by atoms with E-state index in [1.165, 1.54) is 4.90 Å². The summed E-state index contributed by atoms with van der Waals surface area (Å²) in [6.45, 7) is 7.53. The molecule has 6 heteroatoms. The number of anilines is 1. The number of hydrogen-bond donors (Lipinski definition) is 0. The highest BCUT2D eigenvalue weighted by atomic mass is 16.5. The molecule has 0 aliphatic carbocycles. The van der Waals surface area contributed by atoms with Crippen molar-refractivity contribution < 1.29 is 19.1 Å². The van der Waals surface area contributed by atoms with E-state index < -0.39 is 0 Å². The third kappa shape index (κ3) is 3.82. The van der Waals surface area contributed by atoms with Crippen LogP contribution < -0.4 is 4.90 Å². The molecule has 0 radical (unpaired) electrons. The third-order valence-corrected chi connectivity index (χ3v) is 4.22. The lowest BCUT2D eigenvalue weighted by molar-refractivity contribution is -0.142. The lowest BCUT2D eigenvalue weighted by atomic mass is 10.1. The smallest absolute Gasteiger partial charge is 0.310 e. The standard InChI is InChI=1S/C18H24N2O4/c1-4-19(5-2)15-12-16(21)20(18(15)23)14-9-7-13(8-10-14)11-17(22)24-6-3/h7-10,15H,4-6,11-12H2,1-3H3/t15-/m1/s1. The fraction of sp³-hybridized carbons (Fsp3) is 0.500. The number of nitrogens with zero attached hydrogens (tertiary/aromatic N) is 2. The molecule has 0 saturated carbocycles. The van der Waals surface area contributed by atoms with Crippen molar-refractivity contribution in [1.82, 2.24) is 4.90 Å². The number of carbonyl (C=O) groups is 3. The summed E-state index contributed by atoms with van der Waals surface area (Å²) in [6, 6.07) is 6.52. The Morgan fingerprint density at radius 2 is 1.79 bits per heavy atom. The van der Waals surface area contributed by atoms with Gasteiger partial charge < -0.3 is 4.74 Å². The summed E-state index contributed by atoms with van der Waals surface area (Å²) in [4.78, 5) is 39.6. The minimum absolute atomic E-state index is 0.179. The Balaban J connectivity index is 2.12. The molecular formula is C18H24N2O4. The molecule has 1 saturated heterocycles. The van der Waals surface area contributed by atoms with Gasteiger partial charge in [0.15, 0.2) is 0 Å². The summed E-state index contributed by atoms with van der Waals surface area (Å²) >= 11 is 0. The van der Waals surface area contributed by atoms with Crippen LogP contribution in [0.4, 0.5) is 5.69 Å². The Morgan fingerprint density at radius 3 is 2.33 bits per heavy atom. The first-order chi connectivity index (χ1) is 11.5. The van der Waals surface area contributed by atoms with Crippen molar-refractivity contribution in [3.63, 3.8) is 0 Å². The highest BCUT2D eigenvalue weighted by Crippen LogP contribution is 2.26. The number of esters is 1. The second-order valence-corrected chi connectivity index (χ2v) is 5.66. The molecule has 0 N–H and O–H groups in total. The maximum atomic E-state index is 12.6. The zero-order chi connectivity index (χ0) is 17.7. The molecule has 1 atom stereocenters. The van der Waals surface area contributed by atoms with Gasteiger partial charge in [-0.2, -0.15) is 0 Å². The lowest BCUT2D eigenvalue weighted by Crippen LogP contribution is -2.42. The summed E-state index contributed by atoms with van der Waals surface area (Å²) in [5, 5.41) is 0. The molecule has 1 aliphatic heterocycles. The molecule has 1 heterocycles. The summed E-state index contributed by atoms with van der Waals surface area (Å²) < 4.78 is 4.91. The molecule has 1 aromatic carbocycles. The van der Waals surface area contributed by atoms with Crippen LogP contribution in [-0.2, 0) is 25.5 Å². The number of hydrogen-bond acceptors (Lipinski definition) is 5. The average molecular weight is 332 g/mol. The number of rotatable bonds is 7. The van der Waals surface area contributed by atoms with Crippen LogP contribution in [0.2, 0.25) is 0 Å². The second kappa shape index (κ2) is 8.06. The van der Waals surface area contributed by atoms with E-state index in [-0.39, 0.29) is 36.7 Å². The van der Waals surface area contributed by atoms with Gasteiger partial charge in [-0.25, -0.2) is 4.90 Å². The largest absolute Gasteiger partial charge is 0.466 e. The van der Waals surface area contributed by atoms with Gasteiger partial charge in [-0.1, -0.05) is 26.0 Å². The molecule has 1 aromatic rings. The minimum Gasteiger partial charge on any atom is -0.466 e. The van der Waals surface area contributed by atoms with Crippen LogP contribution in [0, 0.1) is 0 Å². The Hall–Kier alpha value is -2.21. The highest BCUT2D eigenvalue weighted by Gasteiger charge is 2.41. The summed E-state index contributed by atoms with van der Waals surface area (Å²) in [5.41, 5.74) is 1.34. The van der Waals surface area contributed by atoms with Gasteiger partial charge in [0, 0.05) is 0 Å². The number of amides is 2.